The second kappa shape index (κ2) is 18.2. The van der Waals surface area contributed by atoms with Crippen molar-refractivity contribution in [1.29, 1.82) is 15.8 Å². The van der Waals surface area contributed by atoms with Gasteiger partial charge in [-0.2, -0.15) is 15.8 Å². The van der Waals surface area contributed by atoms with Gasteiger partial charge in [-0.05, 0) is 62.1 Å². The van der Waals surface area contributed by atoms with Crippen LogP contribution in [0.15, 0.2) is 52.0 Å². The highest BCUT2D eigenvalue weighted by Crippen LogP contribution is 2.52. The molecule has 0 saturated heterocycles. The number of benzene rings is 1. The number of ether oxygens (including phenoxy) is 2. The first kappa shape index (κ1) is 36.5. The molecule has 242 valence electrons. The summed E-state index contributed by atoms with van der Waals surface area (Å²) in [4.78, 5) is 4.10. The van der Waals surface area contributed by atoms with Crippen LogP contribution in [0.25, 0.3) is 18.2 Å². The summed E-state index contributed by atoms with van der Waals surface area (Å²) in [5.74, 6) is 1.35. The Balaban J connectivity index is 2.08. The third-order valence-corrected chi connectivity index (χ3v) is 9.68. The topological polar surface area (TPSA) is 134 Å². The quantitative estimate of drug-likeness (QED) is 0.129. The van der Waals surface area contributed by atoms with Gasteiger partial charge < -0.3 is 24.6 Å². The first-order valence-electron chi connectivity index (χ1n) is 15.5. The van der Waals surface area contributed by atoms with E-state index in [1.807, 2.05) is 79.5 Å². The van der Waals surface area contributed by atoms with Gasteiger partial charge in [0.25, 0.3) is 0 Å². The number of unbranched alkanes of at least 4 members (excludes halogenated alkanes) is 2. The predicted molar refractivity (Wildman–Crippen MR) is 188 cm³/mol. The van der Waals surface area contributed by atoms with E-state index in [1.165, 1.54) is 23.1 Å². The van der Waals surface area contributed by atoms with E-state index in [9.17, 15) is 26.0 Å². The van der Waals surface area contributed by atoms with E-state index < -0.39 is 4.75 Å². The zero-order valence-electron chi connectivity index (χ0n) is 27.0. The van der Waals surface area contributed by atoms with Gasteiger partial charge in [0.05, 0.1) is 46.7 Å². The number of hydrogen-bond acceptors (Lipinski definition) is 10. The zero-order chi connectivity index (χ0) is 33.5. The lowest BCUT2D eigenvalue weighted by molar-refractivity contribution is 0.263. The van der Waals surface area contributed by atoms with Crippen LogP contribution in [-0.2, 0) is 0 Å². The van der Waals surface area contributed by atoms with Gasteiger partial charge in [0, 0.05) is 23.5 Å². The van der Waals surface area contributed by atoms with Gasteiger partial charge in [0.15, 0.2) is 11.5 Å². The number of nitriles is 3. The van der Waals surface area contributed by atoms with E-state index in [0.29, 0.717) is 48.3 Å². The van der Waals surface area contributed by atoms with Crippen molar-refractivity contribution in [2.75, 3.05) is 44.4 Å². The van der Waals surface area contributed by atoms with E-state index in [1.54, 1.807) is 0 Å². The van der Waals surface area contributed by atoms with Gasteiger partial charge in [0.1, 0.15) is 23.8 Å². The Kier molecular flexibility index (Phi) is 14.5. The zero-order valence-corrected chi connectivity index (χ0v) is 28.6. The fourth-order valence-electron chi connectivity index (χ4n) is 4.79. The molecule has 46 heavy (non-hydrogen) atoms. The minimum absolute atomic E-state index is 0.00432. The molecule has 0 amide bonds. The summed E-state index contributed by atoms with van der Waals surface area (Å²) in [6.45, 7) is 10.2. The highest BCUT2D eigenvalue weighted by atomic mass is 32.2. The Hall–Kier alpha value is -3.98. The standard InChI is InChI=1S/C36H42N4O4S2/c1-5-7-21-43-33-31(15-11-26-9-12-28(13-10-26)40(17-19-41)18-20-42)45-32(34(33)44-22-8-6-2)16-14-30-29(25-39)35(27(23-37)24-38)46-36(30,3)4/h9-16,41-42H,5-8,17-22H2,1-4H3/b15-11+,16-14+. The maximum Gasteiger partial charge on any atom is 0.179 e. The number of allylic oxidation sites excluding steroid dienone is 3. The molecule has 0 spiro atoms. The van der Waals surface area contributed by atoms with Crippen molar-refractivity contribution in [2.24, 2.45) is 0 Å². The van der Waals surface area contributed by atoms with E-state index >= 15 is 0 Å². The highest BCUT2D eigenvalue weighted by molar-refractivity contribution is 8.05. The molecule has 2 heterocycles. The van der Waals surface area contributed by atoms with Gasteiger partial charge in [-0.25, -0.2) is 0 Å². The summed E-state index contributed by atoms with van der Waals surface area (Å²) in [6.07, 6.45) is 11.6. The normalized spacial score (nSPS) is 14.0. The van der Waals surface area contributed by atoms with E-state index in [0.717, 1.165) is 52.3 Å². The molecule has 2 aromatic rings. The second-order valence-corrected chi connectivity index (χ2v) is 13.7. The Labute approximate surface area is 281 Å². The molecule has 0 bridgehead atoms. The number of hydrogen-bond donors (Lipinski definition) is 2. The van der Waals surface area contributed by atoms with Gasteiger partial charge in [0.2, 0.25) is 0 Å². The fraction of sp³-hybridized carbons (Fsp3) is 0.417. The Morgan fingerprint density at radius 3 is 1.87 bits per heavy atom. The number of nitrogens with zero attached hydrogens (tertiary/aromatic N) is 4. The van der Waals surface area contributed by atoms with Crippen molar-refractivity contribution in [3.63, 3.8) is 0 Å². The molecule has 1 aliphatic rings. The minimum atomic E-state index is -0.518. The lowest BCUT2D eigenvalue weighted by Gasteiger charge is -2.22. The van der Waals surface area contributed by atoms with Crippen LogP contribution in [0.4, 0.5) is 5.69 Å². The average Bonchev–Trinajstić information content (AvgIpc) is 3.51. The van der Waals surface area contributed by atoms with Crippen LogP contribution < -0.4 is 14.4 Å². The molecular formula is C36H42N4O4S2. The molecule has 0 fully saturated rings. The first-order valence-corrected chi connectivity index (χ1v) is 17.2. The summed E-state index contributed by atoms with van der Waals surface area (Å²) >= 11 is 2.89. The number of anilines is 1. The van der Waals surface area contributed by atoms with Gasteiger partial charge in [-0.15, -0.1) is 23.1 Å². The van der Waals surface area contributed by atoms with Crippen LogP contribution >= 0.6 is 23.1 Å². The first-order chi connectivity index (χ1) is 22.3. The summed E-state index contributed by atoms with van der Waals surface area (Å²) in [6, 6.07) is 14.0. The number of rotatable bonds is 17. The summed E-state index contributed by atoms with van der Waals surface area (Å²) in [7, 11) is 0. The van der Waals surface area contributed by atoms with Crippen LogP contribution in [0.3, 0.4) is 0 Å². The van der Waals surface area contributed by atoms with Crippen LogP contribution in [-0.4, -0.2) is 54.5 Å². The summed E-state index contributed by atoms with van der Waals surface area (Å²) < 4.78 is 12.2. The van der Waals surface area contributed by atoms with Crippen LogP contribution in [0.5, 0.6) is 11.5 Å². The predicted octanol–water partition coefficient (Wildman–Crippen LogP) is 7.73. The number of aliphatic hydroxyl groups is 2. The van der Waals surface area contributed by atoms with Crippen molar-refractivity contribution in [2.45, 2.75) is 58.1 Å². The molecule has 0 radical (unpaired) electrons. The van der Waals surface area contributed by atoms with Crippen molar-refractivity contribution in [3.8, 4) is 29.7 Å². The van der Waals surface area contributed by atoms with Crippen molar-refractivity contribution >= 4 is 47.0 Å². The third kappa shape index (κ3) is 9.28. The van der Waals surface area contributed by atoms with Crippen LogP contribution in [0.1, 0.15) is 68.7 Å². The fourth-order valence-corrected chi connectivity index (χ4v) is 7.02. The average molecular weight is 659 g/mol. The highest BCUT2D eigenvalue weighted by Gasteiger charge is 2.37. The maximum atomic E-state index is 10.0. The van der Waals surface area contributed by atoms with E-state index in [-0.39, 0.29) is 18.8 Å². The van der Waals surface area contributed by atoms with Crippen LogP contribution in [0, 0.1) is 34.0 Å². The lowest BCUT2D eigenvalue weighted by atomic mass is 9.95. The Morgan fingerprint density at radius 1 is 0.848 bits per heavy atom. The van der Waals surface area contributed by atoms with E-state index in [4.69, 9.17) is 9.47 Å². The number of thioether (sulfide) groups is 1. The Bertz CT molecular complexity index is 1560. The molecule has 0 atom stereocenters. The maximum absolute atomic E-state index is 10.0. The van der Waals surface area contributed by atoms with Gasteiger partial charge in [-0.1, -0.05) is 51.0 Å². The monoisotopic (exact) mass is 658 g/mol. The van der Waals surface area contributed by atoms with Gasteiger partial charge in [-0.3, -0.25) is 0 Å². The summed E-state index contributed by atoms with van der Waals surface area (Å²) in [5.41, 5.74) is 2.93. The minimum Gasteiger partial charge on any atom is -0.488 e. The Morgan fingerprint density at radius 2 is 1.39 bits per heavy atom. The molecule has 10 heteroatoms. The number of aliphatic hydroxyl groups excluding tert-OH is 2. The summed E-state index contributed by atoms with van der Waals surface area (Å²) in [5, 5.41) is 47.8. The second-order valence-electron chi connectivity index (χ2n) is 11.0. The molecule has 0 aliphatic carbocycles. The smallest absolute Gasteiger partial charge is 0.179 e. The molecular weight excluding hydrogens is 617 g/mol. The third-order valence-electron chi connectivity index (χ3n) is 7.25. The van der Waals surface area contributed by atoms with Gasteiger partial charge >= 0.3 is 0 Å². The largest absolute Gasteiger partial charge is 0.488 e. The van der Waals surface area contributed by atoms with Crippen LogP contribution in [0.2, 0.25) is 0 Å². The molecule has 1 aromatic heterocycles. The molecule has 8 nitrogen and oxygen atoms in total. The van der Waals surface area contributed by atoms with E-state index in [2.05, 4.69) is 19.9 Å². The van der Waals surface area contributed by atoms with Crippen molar-refractivity contribution in [1.82, 2.24) is 0 Å². The van der Waals surface area contributed by atoms with Crippen molar-refractivity contribution in [3.05, 3.63) is 67.3 Å². The lowest BCUT2D eigenvalue weighted by Crippen LogP contribution is -2.29. The molecule has 0 saturated carbocycles. The SMILES string of the molecule is CCCCOc1c(/C=C/C2=C(C#N)C(=C(C#N)C#N)SC2(C)C)sc(/C=C/c2ccc(N(CCO)CCO)cc2)c1OCCCC. The molecule has 3 rings (SSSR count). The van der Waals surface area contributed by atoms with Crippen molar-refractivity contribution < 1.29 is 19.7 Å². The molecule has 0 unspecified atom stereocenters. The molecule has 1 aromatic carbocycles. The number of thiophene rings is 1. The molecule has 2 N–H and O–H groups in total. The molecule has 1 aliphatic heterocycles.